The van der Waals surface area contributed by atoms with E-state index in [2.05, 4.69) is 10.3 Å². The molecule has 1 aliphatic carbocycles. The van der Waals surface area contributed by atoms with Gasteiger partial charge in [0.15, 0.2) is 0 Å². The van der Waals surface area contributed by atoms with Crippen LogP contribution in [-0.4, -0.2) is 84.8 Å². The summed E-state index contributed by atoms with van der Waals surface area (Å²) in [5.74, 6) is -0.0891. The number of aromatic nitrogens is 1. The second-order valence-electron chi connectivity index (χ2n) is 8.96. The number of piperidine rings is 1. The number of pyridine rings is 1. The molecular formula is C22H33N5O4S. The SMILES string of the molecule is O=C(NC1CCCCC1)N1CCN(C(=O)C2CCN(S(=O)(=O)c3cccnc3)CC2)CC1. The zero-order valence-corrected chi connectivity index (χ0v) is 19.3. The van der Waals surface area contributed by atoms with Gasteiger partial charge in [0.2, 0.25) is 15.9 Å². The summed E-state index contributed by atoms with van der Waals surface area (Å²) in [7, 11) is -3.57. The number of hydrogen-bond acceptors (Lipinski definition) is 5. The molecule has 2 saturated heterocycles. The molecule has 3 heterocycles. The number of urea groups is 1. The largest absolute Gasteiger partial charge is 0.339 e. The van der Waals surface area contributed by atoms with E-state index in [9.17, 15) is 18.0 Å². The molecule has 1 N–H and O–H groups in total. The smallest absolute Gasteiger partial charge is 0.317 e. The zero-order valence-electron chi connectivity index (χ0n) is 18.5. The number of hydrogen-bond donors (Lipinski definition) is 1. The Labute approximate surface area is 190 Å². The zero-order chi connectivity index (χ0) is 22.6. The molecule has 1 saturated carbocycles. The third-order valence-corrected chi connectivity index (χ3v) is 8.77. The van der Waals surface area contributed by atoms with Crippen molar-refractivity contribution < 1.29 is 18.0 Å². The van der Waals surface area contributed by atoms with Gasteiger partial charge in [-0.3, -0.25) is 9.78 Å². The summed E-state index contributed by atoms with van der Waals surface area (Å²) in [5, 5.41) is 3.15. The van der Waals surface area contributed by atoms with E-state index in [1.807, 2.05) is 9.80 Å². The van der Waals surface area contributed by atoms with Gasteiger partial charge in [-0.15, -0.1) is 0 Å². The summed E-state index contributed by atoms with van der Waals surface area (Å²) >= 11 is 0. The van der Waals surface area contributed by atoms with Crippen LogP contribution in [0.5, 0.6) is 0 Å². The van der Waals surface area contributed by atoms with Crippen LogP contribution in [0.2, 0.25) is 0 Å². The van der Waals surface area contributed by atoms with Crippen LogP contribution in [0.3, 0.4) is 0 Å². The second-order valence-corrected chi connectivity index (χ2v) is 10.9. The standard InChI is InChI=1S/C22H33N5O4S/c28-21(18-8-11-27(12-9-18)32(30,31)20-7-4-10-23-17-20)25-13-15-26(16-14-25)22(29)24-19-5-2-1-3-6-19/h4,7,10,17-19H,1-3,5-6,8-9,11-16H2,(H,24,29). The van der Waals surface area contributed by atoms with Crippen LogP contribution >= 0.6 is 0 Å². The number of nitrogens with one attached hydrogen (secondary N) is 1. The third kappa shape index (κ3) is 5.23. The van der Waals surface area contributed by atoms with Crippen LogP contribution in [-0.2, 0) is 14.8 Å². The van der Waals surface area contributed by atoms with Crippen LogP contribution < -0.4 is 5.32 Å². The Hall–Kier alpha value is -2.20. The first-order chi connectivity index (χ1) is 15.4. The molecule has 3 aliphatic rings. The number of sulfonamides is 1. The third-order valence-electron chi connectivity index (χ3n) is 6.89. The average molecular weight is 464 g/mol. The highest BCUT2D eigenvalue weighted by atomic mass is 32.2. The topological polar surface area (TPSA) is 103 Å². The predicted molar refractivity (Wildman–Crippen MR) is 119 cm³/mol. The van der Waals surface area contributed by atoms with E-state index in [4.69, 9.17) is 0 Å². The Balaban J connectivity index is 1.23. The fraction of sp³-hybridized carbons (Fsp3) is 0.682. The predicted octanol–water partition coefficient (Wildman–Crippen LogP) is 1.67. The number of carbonyl (C=O) groups excluding carboxylic acids is 2. The first-order valence-corrected chi connectivity index (χ1v) is 13.1. The van der Waals surface area contributed by atoms with Crippen molar-refractivity contribution >= 4 is 22.0 Å². The molecule has 10 heteroatoms. The number of carbonyl (C=O) groups is 2. The fourth-order valence-corrected chi connectivity index (χ4v) is 6.33. The van der Waals surface area contributed by atoms with Crippen molar-refractivity contribution in [3.63, 3.8) is 0 Å². The van der Waals surface area contributed by atoms with Crippen LogP contribution in [0.25, 0.3) is 0 Å². The molecule has 32 heavy (non-hydrogen) atoms. The number of piperazine rings is 1. The van der Waals surface area contributed by atoms with Crippen molar-refractivity contribution in [3.05, 3.63) is 24.5 Å². The molecule has 9 nitrogen and oxygen atoms in total. The Morgan fingerprint density at radius 1 is 0.906 bits per heavy atom. The van der Waals surface area contributed by atoms with Gasteiger partial charge in [0.1, 0.15) is 4.90 Å². The Kier molecular flexibility index (Phi) is 7.30. The van der Waals surface area contributed by atoms with Crippen molar-refractivity contribution in [1.29, 1.82) is 0 Å². The maximum atomic E-state index is 13.0. The first-order valence-electron chi connectivity index (χ1n) is 11.7. The number of amides is 3. The molecule has 0 bridgehead atoms. The van der Waals surface area contributed by atoms with Gasteiger partial charge in [-0.1, -0.05) is 19.3 Å². The minimum Gasteiger partial charge on any atom is -0.339 e. The van der Waals surface area contributed by atoms with Crippen LogP contribution in [0.15, 0.2) is 29.4 Å². The molecule has 3 amide bonds. The normalized spacial score (nSPS) is 22.0. The van der Waals surface area contributed by atoms with E-state index < -0.39 is 10.0 Å². The molecule has 0 spiro atoms. The van der Waals surface area contributed by atoms with Crippen molar-refractivity contribution in [2.75, 3.05) is 39.3 Å². The number of rotatable bonds is 4. The van der Waals surface area contributed by atoms with Gasteiger partial charge in [-0.25, -0.2) is 13.2 Å². The van der Waals surface area contributed by atoms with E-state index in [0.717, 1.165) is 12.8 Å². The van der Waals surface area contributed by atoms with Gasteiger partial charge in [-0.2, -0.15) is 4.31 Å². The van der Waals surface area contributed by atoms with Gasteiger partial charge in [0.05, 0.1) is 0 Å². The van der Waals surface area contributed by atoms with Crippen LogP contribution in [0.4, 0.5) is 4.79 Å². The molecule has 3 fully saturated rings. The van der Waals surface area contributed by atoms with Gasteiger partial charge in [0, 0.05) is 63.6 Å². The monoisotopic (exact) mass is 463 g/mol. The summed E-state index contributed by atoms with van der Waals surface area (Å²) < 4.78 is 27.0. The Morgan fingerprint density at radius 2 is 1.56 bits per heavy atom. The van der Waals surface area contributed by atoms with Gasteiger partial charge < -0.3 is 15.1 Å². The molecule has 4 rings (SSSR count). The summed E-state index contributed by atoms with van der Waals surface area (Å²) in [6.07, 6.45) is 9.65. The lowest BCUT2D eigenvalue weighted by Crippen LogP contribution is -2.56. The average Bonchev–Trinajstić information content (AvgIpc) is 2.85. The van der Waals surface area contributed by atoms with Gasteiger partial charge in [-0.05, 0) is 37.8 Å². The molecule has 1 aromatic heterocycles. The van der Waals surface area contributed by atoms with E-state index in [1.165, 1.54) is 29.8 Å². The summed E-state index contributed by atoms with van der Waals surface area (Å²) in [6.45, 7) is 2.81. The lowest BCUT2D eigenvalue weighted by molar-refractivity contribution is -0.138. The Morgan fingerprint density at radius 3 is 2.19 bits per heavy atom. The highest BCUT2D eigenvalue weighted by Gasteiger charge is 2.35. The lowest BCUT2D eigenvalue weighted by atomic mass is 9.95. The maximum Gasteiger partial charge on any atom is 0.317 e. The van der Waals surface area contributed by atoms with Crippen molar-refractivity contribution in [1.82, 2.24) is 24.4 Å². The van der Waals surface area contributed by atoms with Gasteiger partial charge >= 0.3 is 6.03 Å². The summed E-state index contributed by atoms with van der Waals surface area (Å²) in [6, 6.07) is 3.42. The fourth-order valence-electron chi connectivity index (χ4n) is 4.89. The molecule has 0 unspecified atom stereocenters. The second kappa shape index (κ2) is 10.2. The van der Waals surface area contributed by atoms with Crippen molar-refractivity contribution in [2.45, 2.75) is 55.9 Å². The van der Waals surface area contributed by atoms with E-state index in [0.29, 0.717) is 52.1 Å². The molecule has 0 aromatic carbocycles. The van der Waals surface area contributed by atoms with Crippen LogP contribution in [0, 0.1) is 5.92 Å². The molecule has 176 valence electrons. The highest BCUT2D eigenvalue weighted by molar-refractivity contribution is 7.89. The molecule has 0 atom stereocenters. The lowest BCUT2D eigenvalue weighted by Gasteiger charge is -2.38. The number of nitrogens with zero attached hydrogens (tertiary/aromatic N) is 4. The summed E-state index contributed by atoms with van der Waals surface area (Å²) in [4.78, 5) is 33.3. The highest BCUT2D eigenvalue weighted by Crippen LogP contribution is 2.25. The van der Waals surface area contributed by atoms with E-state index in [1.54, 1.807) is 18.3 Å². The van der Waals surface area contributed by atoms with E-state index >= 15 is 0 Å². The first kappa shape index (κ1) is 23.0. The quantitative estimate of drug-likeness (QED) is 0.732. The van der Waals surface area contributed by atoms with Gasteiger partial charge in [0.25, 0.3) is 0 Å². The van der Waals surface area contributed by atoms with E-state index in [-0.39, 0.29) is 28.8 Å². The summed E-state index contributed by atoms with van der Waals surface area (Å²) in [5.41, 5.74) is 0. The van der Waals surface area contributed by atoms with Crippen molar-refractivity contribution in [3.8, 4) is 0 Å². The van der Waals surface area contributed by atoms with Crippen LogP contribution in [0.1, 0.15) is 44.9 Å². The molecule has 2 aliphatic heterocycles. The van der Waals surface area contributed by atoms with Crippen molar-refractivity contribution in [2.24, 2.45) is 5.92 Å². The maximum absolute atomic E-state index is 13.0. The Bertz CT molecular complexity index is 888. The molecule has 1 aromatic rings. The minimum atomic E-state index is -3.57. The molecule has 0 radical (unpaired) electrons. The minimum absolute atomic E-state index is 0.0158. The molecular weight excluding hydrogens is 430 g/mol.